The smallest absolute Gasteiger partial charge is 0.197 e. The number of aromatic nitrogens is 5. The number of anilines is 1. The molecule has 2 saturated heterocycles. The summed E-state index contributed by atoms with van der Waals surface area (Å²) in [6, 6.07) is 4.32. The molecule has 2 fully saturated rings. The molecule has 1 N–H and O–H groups in total. The second kappa shape index (κ2) is 9.07. The Bertz CT molecular complexity index is 1380. The average Bonchev–Trinajstić information content (AvgIpc) is 3.50. The number of methoxy groups -OCH3 is 1. The number of hydrogen-bond donors (Lipinski definition) is 1. The summed E-state index contributed by atoms with van der Waals surface area (Å²) in [5.74, 6) is 2.94. The fraction of sp³-hybridized carbons (Fsp3) is 0.536. The predicted octanol–water partition coefficient (Wildman–Crippen LogP) is 5.44. The van der Waals surface area contributed by atoms with Crippen LogP contribution in [0, 0.1) is 11.3 Å². The third kappa shape index (κ3) is 4.11. The second-order valence-electron chi connectivity index (χ2n) is 11.3. The molecule has 0 atom stereocenters. The summed E-state index contributed by atoms with van der Waals surface area (Å²) < 4.78 is 12.8. The van der Waals surface area contributed by atoms with E-state index in [9.17, 15) is 0 Å². The van der Waals surface area contributed by atoms with E-state index in [0.717, 1.165) is 54.8 Å². The van der Waals surface area contributed by atoms with Crippen molar-refractivity contribution in [1.82, 2.24) is 24.6 Å². The molecule has 0 radical (unpaired) electrons. The molecule has 6 heterocycles. The van der Waals surface area contributed by atoms with Gasteiger partial charge in [-0.15, -0.1) is 0 Å². The summed E-state index contributed by atoms with van der Waals surface area (Å²) >= 11 is 0. The number of fused-ring (bicyclic) bond motifs is 2. The molecule has 8 heteroatoms. The predicted molar refractivity (Wildman–Crippen MR) is 142 cm³/mol. The highest BCUT2D eigenvalue weighted by Crippen LogP contribution is 2.39. The summed E-state index contributed by atoms with van der Waals surface area (Å²) in [5.41, 5.74) is 5.60. The maximum atomic E-state index is 5.61. The Balaban J connectivity index is 1.27. The molecule has 8 nitrogen and oxygen atoms in total. The van der Waals surface area contributed by atoms with Gasteiger partial charge in [0.2, 0.25) is 0 Å². The van der Waals surface area contributed by atoms with Crippen LogP contribution >= 0.6 is 0 Å². The number of aromatic amines is 1. The molecular weight excluding hydrogens is 452 g/mol. The fourth-order valence-corrected chi connectivity index (χ4v) is 5.88. The van der Waals surface area contributed by atoms with Crippen molar-refractivity contribution in [2.45, 2.75) is 52.4 Å². The van der Waals surface area contributed by atoms with Gasteiger partial charge < -0.3 is 19.4 Å². The van der Waals surface area contributed by atoms with Gasteiger partial charge in [-0.3, -0.25) is 0 Å². The number of H-pyrrole nitrogens is 1. The van der Waals surface area contributed by atoms with E-state index in [1.54, 1.807) is 18.0 Å². The van der Waals surface area contributed by atoms with E-state index in [0.29, 0.717) is 22.7 Å². The van der Waals surface area contributed by atoms with Crippen LogP contribution in [0.4, 0.5) is 5.82 Å². The standard InChI is InChI=1S/C28H36N6O2/c1-18(2)25-21-12-24(33-9-6-19(7-10-33)5-8-28(3)15-36-16-28)29-13-22(21)32-26(25)20-11-23(35-4)27-30-17-31-34(27)14-20/h11-14,17-19,32H,5-10,15-16H2,1-4H3. The molecule has 2 aliphatic rings. The lowest BCUT2D eigenvalue weighted by atomic mass is 9.79. The molecule has 4 aromatic heterocycles. The van der Waals surface area contributed by atoms with Gasteiger partial charge >= 0.3 is 0 Å². The van der Waals surface area contributed by atoms with Gasteiger partial charge in [0, 0.05) is 35.7 Å². The van der Waals surface area contributed by atoms with Crippen LogP contribution in [0.2, 0.25) is 0 Å². The quantitative estimate of drug-likeness (QED) is 0.373. The number of ether oxygens (including phenoxy) is 2. The number of pyridine rings is 2. The first-order valence-corrected chi connectivity index (χ1v) is 13.2. The summed E-state index contributed by atoms with van der Waals surface area (Å²) in [6.07, 6.45) is 10.6. The van der Waals surface area contributed by atoms with Crippen LogP contribution in [-0.4, -0.2) is 58.0 Å². The summed E-state index contributed by atoms with van der Waals surface area (Å²) in [4.78, 5) is 15.3. The Morgan fingerprint density at radius 2 is 2.00 bits per heavy atom. The molecule has 0 aromatic carbocycles. The summed E-state index contributed by atoms with van der Waals surface area (Å²) in [6.45, 7) is 10.9. The van der Waals surface area contributed by atoms with Gasteiger partial charge in [0.1, 0.15) is 12.1 Å². The fourth-order valence-electron chi connectivity index (χ4n) is 5.88. The molecule has 0 aliphatic carbocycles. The van der Waals surface area contributed by atoms with E-state index < -0.39 is 0 Å². The molecule has 6 rings (SSSR count). The molecule has 0 bridgehead atoms. The monoisotopic (exact) mass is 488 g/mol. The SMILES string of the molecule is COc1cc(-c2[nH]c3cnc(N4CCC(CCC5(C)COC5)CC4)cc3c2C(C)C)cn2ncnc12. The van der Waals surface area contributed by atoms with Gasteiger partial charge in [-0.25, -0.2) is 14.5 Å². The van der Waals surface area contributed by atoms with Crippen molar-refractivity contribution in [3.8, 4) is 17.0 Å². The number of nitrogens with one attached hydrogen (secondary N) is 1. The van der Waals surface area contributed by atoms with Gasteiger partial charge in [-0.05, 0) is 55.2 Å². The summed E-state index contributed by atoms with van der Waals surface area (Å²) in [5, 5.41) is 5.58. The van der Waals surface area contributed by atoms with Crippen molar-refractivity contribution in [2.75, 3.05) is 38.3 Å². The van der Waals surface area contributed by atoms with E-state index in [1.165, 1.54) is 36.6 Å². The third-order valence-corrected chi connectivity index (χ3v) is 8.13. The van der Waals surface area contributed by atoms with Crippen LogP contribution in [0.5, 0.6) is 5.75 Å². The lowest BCUT2D eigenvalue weighted by molar-refractivity contribution is -0.108. The molecule has 36 heavy (non-hydrogen) atoms. The van der Waals surface area contributed by atoms with Crippen molar-refractivity contribution in [3.05, 3.63) is 36.4 Å². The topological polar surface area (TPSA) is 80.6 Å². The molecule has 190 valence electrons. The summed E-state index contributed by atoms with van der Waals surface area (Å²) in [7, 11) is 1.67. The van der Waals surface area contributed by atoms with Crippen LogP contribution in [-0.2, 0) is 4.74 Å². The highest BCUT2D eigenvalue weighted by atomic mass is 16.5. The van der Waals surface area contributed by atoms with Gasteiger partial charge in [0.25, 0.3) is 0 Å². The van der Waals surface area contributed by atoms with Gasteiger partial charge in [0.05, 0.1) is 37.7 Å². The third-order valence-electron chi connectivity index (χ3n) is 8.13. The van der Waals surface area contributed by atoms with E-state index >= 15 is 0 Å². The zero-order valence-electron chi connectivity index (χ0n) is 21.8. The van der Waals surface area contributed by atoms with Crippen molar-refractivity contribution in [3.63, 3.8) is 0 Å². The largest absolute Gasteiger partial charge is 0.493 e. The molecule has 0 saturated carbocycles. The van der Waals surface area contributed by atoms with Crippen LogP contribution in [0.25, 0.3) is 27.8 Å². The van der Waals surface area contributed by atoms with Crippen LogP contribution in [0.15, 0.2) is 30.9 Å². The lowest BCUT2D eigenvalue weighted by Crippen LogP contribution is -2.40. The van der Waals surface area contributed by atoms with Crippen molar-refractivity contribution in [2.24, 2.45) is 11.3 Å². The van der Waals surface area contributed by atoms with Crippen molar-refractivity contribution < 1.29 is 9.47 Å². The normalized spacial score (nSPS) is 18.3. The van der Waals surface area contributed by atoms with E-state index in [1.807, 2.05) is 18.5 Å². The Morgan fingerprint density at radius 3 is 2.69 bits per heavy atom. The van der Waals surface area contributed by atoms with Gasteiger partial charge in [-0.2, -0.15) is 5.10 Å². The maximum absolute atomic E-state index is 5.61. The van der Waals surface area contributed by atoms with Gasteiger partial charge in [-0.1, -0.05) is 20.8 Å². The minimum atomic E-state index is 0.337. The van der Waals surface area contributed by atoms with Crippen molar-refractivity contribution in [1.29, 1.82) is 0 Å². The number of piperidine rings is 1. The molecule has 0 spiro atoms. The van der Waals surface area contributed by atoms with Crippen molar-refractivity contribution >= 4 is 22.4 Å². The second-order valence-corrected chi connectivity index (χ2v) is 11.3. The first kappa shape index (κ1) is 23.3. The average molecular weight is 489 g/mol. The maximum Gasteiger partial charge on any atom is 0.197 e. The number of hydrogen-bond acceptors (Lipinski definition) is 6. The van der Waals surface area contributed by atoms with Crippen LogP contribution in [0.3, 0.4) is 0 Å². The van der Waals surface area contributed by atoms with E-state index in [-0.39, 0.29) is 0 Å². The zero-order chi connectivity index (χ0) is 24.9. The Hall–Kier alpha value is -3.13. The molecule has 2 aliphatic heterocycles. The number of rotatable bonds is 7. The first-order valence-electron chi connectivity index (χ1n) is 13.2. The molecule has 0 unspecified atom stereocenters. The van der Waals surface area contributed by atoms with Crippen LogP contribution < -0.4 is 9.64 Å². The molecule has 4 aromatic rings. The van der Waals surface area contributed by atoms with Crippen LogP contribution in [0.1, 0.15) is 57.9 Å². The van der Waals surface area contributed by atoms with E-state index in [2.05, 4.69) is 46.8 Å². The zero-order valence-corrected chi connectivity index (χ0v) is 21.8. The molecule has 0 amide bonds. The van der Waals surface area contributed by atoms with Gasteiger partial charge in [0.15, 0.2) is 11.4 Å². The highest BCUT2D eigenvalue weighted by Gasteiger charge is 2.34. The molecular formula is C28H36N6O2. The van der Waals surface area contributed by atoms with E-state index in [4.69, 9.17) is 14.5 Å². The lowest BCUT2D eigenvalue weighted by Gasteiger charge is -2.40. The minimum Gasteiger partial charge on any atom is -0.493 e. The highest BCUT2D eigenvalue weighted by molar-refractivity contribution is 5.92. The Morgan fingerprint density at radius 1 is 1.19 bits per heavy atom. The first-order chi connectivity index (χ1) is 17.4. The number of nitrogens with zero attached hydrogens (tertiary/aromatic N) is 5. The Labute approximate surface area is 212 Å². The Kier molecular flexibility index (Phi) is 5.86. The minimum absolute atomic E-state index is 0.337.